The Balaban J connectivity index is 1.87. The van der Waals surface area contributed by atoms with E-state index in [-0.39, 0.29) is 11.6 Å². The molecule has 118 valence electrons. The molecule has 0 aliphatic carbocycles. The number of nitrogens with two attached hydrogens (primary N) is 1. The zero-order chi connectivity index (χ0) is 16.1. The topological polar surface area (TPSA) is 53.1 Å². The lowest BCUT2D eigenvalue weighted by atomic mass is 10.1. The van der Waals surface area contributed by atoms with Gasteiger partial charge in [-0.2, -0.15) is 5.10 Å². The second-order valence-corrected chi connectivity index (χ2v) is 5.17. The molecule has 2 aromatic carbocycles. The number of aromatic nitrogens is 2. The number of hydrogen-bond acceptors (Lipinski definition) is 3. The molecule has 5 heteroatoms. The van der Waals surface area contributed by atoms with Gasteiger partial charge in [0.25, 0.3) is 0 Å². The first-order valence-electron chi connectivity index (χ1n) is 7.46. The average molecular weight is 311 g/mol. The molecule has 0 amide bonds. The van der Waals surface area contributed by atoms with Gasteiger partial charge in [-0.15, -0.1) is 0 Å². The molecule has 0 radical (unpaired) electrons. The lowest BCUT2D eigenvalue weighted by molar-refractivity contribution is 0.292. The maximum atomic E-state index is 14.2. The molecule has 3 rings (SSSR count). The van der Waals surface area contributed by atoms with Crippen LogP contribution in [0.5, 0.6) is 5.75 Å². The highest BCUT2D eigenvalue weighted by Crippen LogP contribution is 2.32. The zero-order valence-corrected chi connectivity index (χ0v) is 12.7. The number of nitrogens with zero attached hydrogens (tertiary/aromatic N) is 2. The maximum absolute atomic E-state index is 14.2. The summed E-state index contributed by atoms with van der Waals surface area (Å²) in [4.78, 5) is 0. The van der Waals surface area contributed by atoms with Crippen LogP contribution in [0.4, 0.5) is 4.39 Å². The van der Waals surface area contributed by atoms with Crippen LogP contribution in [0.25, 0.3) is 11.1 Å². The van der Waals surface area contributed by atoms with Crippen LogP contribution in [0.15, 0.2) is 60.9 Å². The van der Waals surface area contributed by atoms with Gasteiger partial charge in [-0.1, -0.05) is 42.5 Å². The third-order valence-corrected chi connectivity index (χ3v) is 3.50. The van der Waals surface area contributed by atoms with Crippen molar-refractivity contribution in [2.75, 3.05) is 6.54 Å². The monoisotopic (exact) mass is 311 g/mol. The van der Waals surface area contributed by atoms with Crippen LogP contribution in [-0.4, -0.2) is 16.3 Å². The smallest absolute Gasteiger partial charge is 0.165 e. The third kappa shape index (κ3) is 3.57. The van der Waals surface area contributed by atoms with Crippen molar-refractivity contribution in [3.63, 3.8) is 0 Å². The van der Waals surface area contributed by atoms with Gasteiger partial charge in [-0.25, -0.2) is 4.39 Å². The lowest BCUT2D eigenvalue weighted by Crippen LogP contribution is -2.09. The Morgan fingerprint density at radius 1 is 1.09 bits per heavy atom. The SMILES string of the molecule is NCCn1cc(-c2cccc(F)c2OCc2ccccc2)cn1. The van der Waals surface area contributed by atoms with E-state index in [0.717, 1.165) is 11.1 Å². The minimum atomic E-state index is -0.384. The van der Waals surface area contributed by atoms with Crippen LogP contribution < -0.4 is 10.5 Å². The van der Waals surface area contributed by atoms with Gasteiger partial charge in [-0.05, 0) is 11.6 Å². The summed E-state index contributed by atoms with van der Waals surface area (Å²) in [5, 5.41) is 4.23. The summed E-state index contributed by atoms with van der Waals surface area (Å²) in [5.41, 5.74) is 8.01. The maximum Gasteiger partial charge on any atom is 0.165 e. The molecule has 23 heavy (non-hydrogen) atoms. The van der Waals surface area contributed by atoms with E-state index < -0.39 is 0 Å². The van der Waals surface area contributed by atoms with Gasteiger partial charge in [-0.3, -0.25) is 4.68 Å². The summed E-state index contributed by atoms with van der Waals surface area (Å²) >= 11 is 0. The molecule has 0 aliphatic heterocycles. The van der Waals surface area contributed by atoms with Gasteiger partial charge < -0.3 is 10.5 Å². The van der Waals surface area contributed by atoms with E-state index in [0.29, 0.717) is 25.3 Å². The molecule has 0 spiro atoms. The molecule has 1 aromatic heterocycles. The first kappa shape index (κ1) is 15.2. The number of benzene rings is 2. The molecular formula is C18H18FN3O. The van der Waals surface area contributed by atoms with E-state index in [4.69, 9.17) is 10.5 Å². The van der Waals surface area contributed by atoms with Crippen molar-refractivity contribution in [1.82, 2.24) is 9.78 Å². The van der Waals surface area contributed by atoms with Gasteiger partial charge in [0.05, 0.1) is 12.7 Å². The highest BCUT2D eigenvalue weighted by molar-refractivity contribution is 5.69. The first-order chi connectivity index (χ1) is 11.3. The van der Waals surface area contributed by atoms with Crippen LogP contribution in [-0.2, 0) is 13.2 Å². The van der Waals surface area contributed by atoms with E-state index in [1.807, 2.05) is 42.6 Å². The van der Waals surface area contributed by atoms with Crippen LogP contribution >= 0.6 is 0 Å². The molecule has 0 aliphatic rings. The highest BCUT2D eigenvalue weighted by Gasteiger charge is 2.13. The molecule has 0 atom stereocenters. The summed E-state index contributed by atoms with van der Waals surface area (Å²) < 4.78 is 21.7. The van der Waals surface area contributed by atoms with Crippen LogP contribution in [0.3, 0.4) is 0 Å². The number of para-hydroxylation sites is 1. The Hall–Kier alpha value is -2.66. The summed E-state index contributed by atoms with van der Waals surface area (Å²) in [5.74, 6) is -0.145. The minimum absolute atomic E-state index is 0.239. The van der Waals surface area contributed by atoms with Crippen molar-refractivity contribution in [2.24, 2.45) is 5.73 Å². The van der Waals surface area contributed by atoms with E-state index in [1.165, 1.54) is 6.07 Å². The van der Waals surface area contributed by atoms with E-state index in [9.17, 15) is 4.39 Å². The molecule has 0 unspecified atom stereocenters. The summed E-state index contributed by atoms with van der Waals surface area (Å²) in [6.07, 6.45) is 3.54. The zero-order valence-electron chi connectivity index (χ0n) is 12.7. The second kappa shape index (κ2) is 7.07. The molecule has 0 bridgehead atoms. The number of hydrogen-bond donors (Lipinski definition) is 1. The predicted octanol–water partition coefficient (Wildman–Crippen LogP) is 3.23. The molecule has 4 nitrogen and oxygen atoms in total. The van der Waals surface area contributed by atoms with E-state index in [1.54, 1.807) is 16.9 Å². The summed E-state index contributed by atoms with van der Waals surface area (Å²) in [6.45, 7) is 1.43. The van der Waals surface area contributed by atoms with Crippen molar-refractivity contribution in [1.29, 1.82) is 0 Å². The van der Waals surface area contributed by atoms with Gasteiger partial charge >= 0.3 is 0 Å². The fourth-order valence-corrected chi connectivity index (χ4v) is 2.37. The standard InChI is InChI=1S/C18H18FN3O/c19-17-8-4-7-16(15-11-21-22(12-15)10-9-20)18(17)23-13-14-5-2-1-3-6-14/h1-8,11-12H,9-10,13,20H2. The van der Waals surface area contributed by atoms with Crippen molar-refractivity contribution >= 4 is 0 Å². The quantitative estimate of drug-likeness (QED) is 0.760. The Morgan fingerprint density at radius 3 is 2.70 bits per heavy atom. The molecule has 3 aromatic rings. The van der Waals surface area contributed by atoms with Crippen molar-refractivity contribution in [3.05, 3.63) is 72.3 Å². The Morgan fingerprint density at radius 2 is 1.91 bits per heavy atom. The van der Waals surface area contributed by atoms with Gasteiger partial charge in [0.15, 0.2) is 11.6 Å². The van der Waals surface area contributed by atoms with Crippen LogP contribution in [0.1, 0.15) is 5.56 Å². The molecule has 0 saturated carbocycles. The fourth-order valence-electron chi connectivity index (χ4n) is 2.37. The largest absolute Gasteiger partial charge is 0.485 e. The Labute approximate surface area is 134 Å². The lowest BCUT2D eigenvalue weighted by Gasteiger charge is -2.11. The predicted molar refractivity (Wildman–Crippen MR) is 87.4 cm³/mol. The van der Waals surface area contributed by atoms with Gasteiger partial charge in [0, 0.05) is 23.9 Å². The average Bonchev–Trinajstić information content (AvgIpc) is 3.03. The Kier molecular flexibility index (Phi) is 4.68. The molecule has 2 N–H and O–H groups in total. The number of rotatable bonds is 6. The van der Waals surface area contributed by atoms with Crippen LogP contribution in [0.2, 0.25) is 0 Å². The van der Waals surface area contributed by atoms with Gasteiger partial charge in [0.2, 0.25) is 0 Å². The number of halogens is 1. The van der Waals surface area contributed by atoms with Crippen LogP contribution in [0, 0.1) is 5.82 Å². The molecular weight excluding hydrogens is 293 g/mol. The molecule has 0 fully saturated rings. The molecule has 1 heterocycles. The second-order valence-electron chi connectivity index (χ2n) is 5.17. The van der Waals surface area contributed by atoms with Gasteiger partial charge in [0.1, 0.15) is 6.61 Å². The normalized spacial score (nSPS) is 10.7. The third-order valence-electron chi connectivity index (χ3n) is 3.50. The van der Waals surface area contributed by atoms with Crippen molar-refractivity contribution in [3.8, 4) is 16.9 Å². The Bertz CT molecular complexity index is 771. The fraction of sp³-hybridized carbons (Fsp3) is 0.167. The summed E-state index contributed by atoms with van der Waals surface area (Å²) in [7, 11) is 0. The van der Waals surface area contributed by atoms with Crippen molar-refractivity contribution in [2.45, 2.75) is 13.2 Å². The van der Waals surface area contributed by atoms with E-state index >= 15 is 0 Å². The minimum Gasteiger partial charge on any atom is -0.485 e. The first-order valence-corrected chi connectivity index (χ1v) is 7.46. The highest BCUT2D eigenvalue weighted by atomic mass is 19.1. The molecule has 0 saturated heterocycles. The van der Waals surface area contributed by atoms with E-state index in [2.05, 4.69) is 5.10 Å². The summed E-state index contributed by atoms with van der Waals surface area (Å²) in [6, 6.07) is 14.6. The number of ether oxygens (including phenoxy) is 1. The van der Waals surface area contributed by atoms with Crippen molar-refractivity contribution < 1.29 is 9.13 Å².